The van der Waals surface area contributed by atoms with E-state index in [1.807, 2.05) is 60.7 Å². The lowest BCUT2D eigenvalue weighted by molar-refractivity contribution is -0.117. The van der Waals surface area contributed by atoms with Gasteiger partial charge in [-0.15, -0.1) is 0 Å². The van der Waals surface area contributed by atoms with E-state index in [2.05, 4.69) is 10.3 Å². The van der Waals surface area contributed by atoms with Crippen molar-refractivity contribution >= 4 is 34.1 Å². The van der Waals surface area contributed by atoms with Crippen LogP contribution in [0.2, 0.25) is 0 Å². The molecule has 0 aliphatic heterocycles. The Kier molecular flexibility index (Phi) is 5.04. The van der Waals surface area contributed by atoms with Gasteiger partial charge in [-0.2, -0.15) is 0 Å². The Balaban J connectivity index is 1.75. The zero-order valence-electron chi connectivity index (χ0n) is 14.0. The average molecular weight is 333 g/mol. The summed E-state index contributed by atoms with van der Waals surface area (Å²) >= 11 is 0. The predicted octanol–water partition coefficient (Wildman–Crippen LogP) is 3.62. The summed E-state index contributed by atoms with van der Waals surface area (Å²) in [6.07, 6.45) is 1.91. The predicted molar refractivity (Wildman–Crippen MR) is 99.5 cm³/mol. The first-order chi connectivity index (χ1) is 12.1. The third-order valence-corrected chi connectivity index (χ3v) is 3.90. The largest absolute Gasteiger partial charge is 0.326 e. The second kappa shape index (κ2) is 7.57. The van der Waals surface area contributed by atoms with Crippen LogP contribution in [-0.4, -0.2) is 23.3 Å². The number of para-hydroxylation sites is 2. The molecule has 0 radical (unpaired) electrons. The number of hydrogen-bond acceptors (Lipinski definition) is 3. The monoisotopic (exact) mass is 333 g/mol. The van der Waals surface area contributed by atoms with Gasteiger partial charge >= 0.3 is 0 Å². The molecule has 0 saturated heterocycles. The molecular weight excluding hydrogens is 314 g/mol. The van der Waals surface area contributed by atoms with Crippen LogP contribution in [0.25, 0.3) is 10.9 Å². The normalized spacial score (nSPS) is 10.4. The highest BCUT2D eigenvalue weighted by Crippen LogP contribution is 2.25. The fourth-order valence-electron chi connectivity index (χ4n) is 2.71. The number of carbonyl (C=O) groups is 2. The van der Waals surface area contributed by atoms with Gasteiger partial charge in [0.05, 0.1) is 11.2 Å². The molecule has 2 aromatic carbocycles. The van der Waals surface area contributed by atoms with Crippen molar-refractivity contribution in [2.24, 2.45) is 0 Å². The molecule has 3 aromatic rings. The van der Waals surface area contributed by atoms with Gasteiger partial charge in [0.2, 0.25) is 11.8 Å². The number of carbonyl (C=O) groups excluding carboxylic acids is 2. The molecule has 1 heterocycles. The van der Waals surface area contributed by atoms with Crippen molar-refractivity contribution in [3.8, 4) is 0 Å². The van der Waals surface area contributed by atoms with E-state index in [1.165, 1.54) is 6.92 Å². The number of benzene rings is 2. The Labute approximate surface area is 146 Å². The van der Waals surface area contributed by atoms with Crippen LogP contribution in [0.3, 0.4) is 0 Å². The second-order valence-electron chi connectivity index (χ2n) is 5.69. The molecule has 2 amide bonds. The summed E-state index contributed by atoms with van der Waals surface area (Å²) in [6, 6.07) is 18.8. The van der Waals surface area contributed by atoms with Crippen LogP contribution in [0.1, 0.15) is 13.3 Å². The minimum absolute atomic E-state index is 0.120. The molecule has 126 valence electrons. The van der Waals surface area contributed by atoms with Crippen LogP contribution in [0.4, 0.5) is 11.4 Å². The minimum Gasteiger partial charge on any atom is -0.326 e. The van der Waals surface area contributed by atoms with E-state index in [4.69, 9.17) is 0 Å². The van der Waals surface area contributed by atoms with Gasteiger partial charge < -0.3 is 10.2 Å². The Bertz CT molecular complexity index is 888. The highest BCUT2D eigenvalue weighted by molar-refractivity contribution is 6.01. The first kappa shape index (κ1) is 16.6. The van der Waals surface area contributed by atoms with Crippen LogP contribution in [0.15, 0.2) is 66.9 Å². The van der Waals surface area contributed by atoms with E-state index in [-0.39, 0.29) is 18.2 Å². The molecule has 5 heteroatoms. The SMILES string of the molecule is CC(=O)N(CCC(=O)Nc1ccccc1)c1cccc2cccnc12. The summed E-state index contributed by atoms with van der Waals surface area (Å²) < 4.78 is 0. The molecule has 0 bridgehead atoms. The summed E-state index contributed by atoms with van der Waals surface area (Å²) in [4.78, 5) is 30.3. The maximum atomic E-state index is 12.2. The maximum Gasteiger partial charge on any atom is 0.226 e. The van der Waals surface area contributed by atoms with Crippen molar-refractivity contribution in [1.82, 2.24) is 4.98 Å². The fraction of sp³-hybridized carbons (Fsp3) is 0.150. The zero-order valence-corrected chi connectivity index (χ0v) is 14.0. The molecule has 0 atom stereocenters. The van der Waals surface area contributed by atoms with E-state index in [0.717, 1.165) is 22.3 Å². The van der Waals surface area contributed by atoms with E-state index < -0.39 is 0 Å². The number of anilines is 2. The van der Waals surface area contributed by atoms with Crippen LogP contribution >= 0.6 is 0 Å². The number of fused-ring (bicyclic) bond motifs is 1. The molecular formula is C20H19N3O2. The van der Waals surface area contributed by atoms with Crippen LogP contribution in [0, 0.1) is 0 Å². The first-order valence-corrected chi connectivity index (χ1v) is 8.12. The van der Waals surface area contributed by atoms with Crippen LogP contribution in [0.5, 0.6) is 0 Å². The summed E-state index contributed by atoms with van der Waals surface area (Å²) in [5.74, 6) is -0.253. The van der Waals surface area contributed by atoms with Gasteiger partial charge in [0, 0.05) is 37.2 Å². The van der Waals surface area contributed by atoms with Crippen molar-refractivity contribution in [1.29, 1.82) is 0 Å². The average Bonchev–Trinajstić information content (AvgIpc) is 2.62. The molecule has 0 aliphatic carbocycles. The lowest BCUT2D eigenvalue weighted by Crippen LogP contribution is -2.32. The second-order valence-corrected chi connectivity index (χ2v) is 5.69. The van der Waals surface area contributed by atoms with Crippen molar-refractivity contribution in [3.05, 3.63) is 66.9 Å². The van der Waals surface area contributed by atoms with Gasteiger partial charge in [-0.25, -0.2) is 0 Å². The number of rotatable bonds is 5. The van der Waals surface area contributed by atoms with Crippen LogP contribution in [-0.2, 0) is 9.59 Å². The minimum atomic E-state index is -0.134. The lowest BCUT2D eigenvalue weighted by Gasteiger charge is -2.22. The summed E-state index contributed by atoms with van der Waals surface area (Å²) in [6.45, 7) is 1.79. The lowest BCUT2D eigenvalue weighted by atomic mass is 10.1. The number of nitrogens with zero attached hydrogens (tertiary/aromatic N) is 2. The van der Waals surface area contributed by atoms with E-state index in [1.54, 1.807) is 11.1 Å². The van der Waals surface area contributed by atoms with E-state index in [9.17, 15) is 9.59 Å². The fourth-order valence-corrected chi connectivity index (χ4v) is 2.71. The Hall–Kier alpha value is -3.21. The number of aromatic nitrogens is 1. The van der Waals surface area contributed by atoms with Gasteiger partial charge in [-0.3, -0.25) is 14.6 Å². The Morgan fingerprint density at radius 1 is 1.00 bits per heavy atom. The van der Waals surface area contributed by atoms with Crippen LogP contribution < -0.4 is 10.2 Å². The van der Waals surface area contributed by atoms with Crippen molar-refractivity contribution in [2.45, 2.75) is 13.3 Å². The zero-order chi connectivity index (χ0) is 17.6. The molecule has 3 rings (SSSR count). The topological polar surface area (TPSA) is 62.3 Å². The summed E-state index contributed by atoms with van der Waals surface area (Å²) in [5.41, 5.74) is 2.22. The molecule has 5 nitrogen and oxygen atoms in total. The third-order valence-electron chi connectivity index (χ3n) is 3.90. The first-order valence-electron chi connectivity index (χ1n) is 8.12. The summed E-state index contributed by atoms with van der Waals surface area (Å²) in [5, 5.41) is 3.79. The number of hydrogen-bond donors (Lipinski definition) is 1. The van der Waals surface area contributed by atoms with Gasteiger partial charge in [0.25, 0.3) is 0 Å². The highest BCUT2D eigenvalue weighted by atomic mass is 16.2. The Morgan fingerprint density at radius 2 is 1.76 bits per heavy atom. The molecule has 0 aliphatic rings. The molecule has 0 saturated carbocycles. The number of nitrogens with one attached hydrogen (secondary N) is 1. The standard InChI is InChI=1S/C20H19N3O2/c1-15(24)23(14-12-19(25)22-17-9-3-2-4-10-17)18-11-5-7-16-8-6-13-21-20(16)18/h2-11,13H,12,14H2,1H3,(H,22,25). The van der Waals surface area contributed by atoms with Crippen molar-refractivity contribution in [2.75, 3.05) is 16.8 Å². The van der Waals surface area contributed by atoms with Crippen molar-refractivity contribution in [3.63, 3.8) is 0 Å². The molecule has 1 aromatic heterocycles. The third kappa shape index (κ3) is 4.01. The van der Waals surface area contributed by atoms with Gasteiger partial charge in [-0.1, -0.05) is 36.4 Å². The van der Waals surface area contributed by atoms with Gasteiger partial charge in [0.1, 0.15) is 0 Å². The Morgan fingerprint density at radius 3 is 2.52 bits per heavy atom. The van der Waals surface area contributed by atoms with Crippen molar-refractivity contribution < 1.29 is 9.59 Å². The van der Waals surface area contributed by atoms with Gasteiger partial charge in [0.15, 0.2) is 0 Å². The molecule has 1 N–H and O–H groups in total. The van der Waals surface area contributed by atoms with E-state index in [0.29, 0.717) is 6.54 Å². The molecule has 25 heavy (non-hydrogen) atoms. The quantitative estimate of drug-likeness (QED) is 0.776. The summed E-state index contributed by atoms with van der Waals surface area (Å²) in [7, 11) is 0. The maximum absolute atomic E-state index is 12.2. The highest BCUT2D eigenvalue weighted by Gasteiger charge is 2.16. The number of amides is 2. The molecule has 0 unspecified atom stereocenters. The smallest absolute Gasteiger partial charge is 0.226 e. The molecule has 0 spiro atoms. The molecule has 0 fully saturated rings. The van der Waals surface area contributed by atoms with E-state index >= 15 is 0 Å². The van der Waals surface area contributed by atoms with Gasteiger partial charge in [-0.05, 0) is 24.3 Å². The number of pyridine rings is 1.